The number of nitrogens with zero attached hydrogens (tertiary/aromatic N) is 2. The molecule has 2 amide bonds. The lowest BCUT2D eigenvalue weighted by atomic mass is 9.99. The summed E-state index contributed by atoms with van der Waals surface area (Å²) < 4.78 is 43.7. The van der Waals surface area contributed by atoms with E-state index in [0.717, 1.165) is 31.2 Å². The smallest absolute Gasteiger partial charge is 0.383 e. The highest BCUT2D eigenvalue weighted by molar-refractivity contribution is 6.05. The molecule has 4 rings (SSSR count). The van der Waals surface area contributed by atoms with Gasteiger partial charge in [0, 0.05) is 0 Å². The number of benzene rings is 1. The Kier molecular flexibility index (Phi) is 4.80. The van der Waals surface area contributed by atoms with Crippen molar-refractivity contribution in [2.75, 3.05) is 5.32 Å². The van der Waals surface area contributed by atoms with Crippen molar-refractivity contribution in [3.63, 3.8) is 0 Å². The molecule has 0 saturated heterocycles. The van der Waals surface area contributed by atoms with Crippen LogP contribution >= 0.6 is 0 Å². The average Bonchev–Trinajstić information content (AvgIpc) is 3.32. The molecule has 10 heteroatoms. The molecule has 2 aliphatic rings. The molecule has 1 aliphatic heterocycles. The Bertz CT molecular complexity index is 1030. The van der Waals surface area contributed by atoms with Crippen LogP contribution in [0.3, 0.4) is 0 Å². The van der Waals surface area contributed by atoms with E-state index < -0.39 is 29.8 Å². The molecule has 0 bridgehead atoms. The molecule has 2 heterocycles. The zero-order valence-corrected chi connectivity index (χ0v) is 16.6. The number of hydrogen-bond acceptors (Lipinski definition) is 4. The summed E-state index contributed by atoms with van der Waals surface area (Å²) in [5.41, 5.74) is -1.50. The molecule has 2 unspecified atom stereocenters. The molecule has 162 valence electrons. The fourth-order valence-corrected chi connectivity index (χ4v) is 4.42. The van der Waals surface area contributed by atoms with Crippen molar-refractivity contribution >= 4 is 28.8 Å². The summed E-state index contributed by atoms with van der Waals surface area (Å²) in [6, 6.07) is 3.13. The molecule has 0 radical (unpaired) electrons. The fourth-order valence-electron chi connectivity index (χ4n) is 4.42. The average molecular weight is 424 g/mol. The van der Waals surface area contributed by atoms with E-state index in [0.29, 0.717) is 10.1 Å². The van der Waals surface area contributed by atoms with Crippen LogP contribution in [-0.4, -0.2) is 38.8 Å². The van der Waals surface area contributed by atoms with Gasteiger partial charge in [0.1, 0.15) is 6.10 Å². The fraction of sp³-hybridized carbons (Fsp3) is 0.550. The Morgan fingerprint density at radius 1 is 1.33 bits per heavy atom. The zero-order chi connectivity index (χ0) is 21.8. The van der Waals surface area contributed by atoms with Gasteiger partial charge in [0.15, 0.2) is 0 Å². The predicted octanol–water partition coefficient (Wildman–Crippen LogP) is 2.88. The minimum atomic E-state index is -5.17. The zero-order valence-electron chi connectivity index (χ0n) is 16.6. The van der Waals surface area contributed by atoms with Crippen molar-refractivity contribution in [3.8, 4) is 0 Å². The number of carbonyl (C=O) groups is 2. The summed E-state index contributed by atoms with van der Waals surface area (Å²) in [4.78, 5) is 29.3. The van der Waals surface area contributed by atoms with Crippen LogP contribution in [0.1, 0.15) is 43.2 Å². The van der Waals surface area contributed by atoms with Gasteiger partial charge in [-0.25, -0.2) is 4.98 Å². The third-order valence-corrected chi connectivity index (χ3v) is 6.21. The molecule has 7 nitrogen and oxygen atoms in total. The number of fused-ring (bicyclic) bond motifs is 3. The highest BCUT2D eigenvalue weighted by atomic mass is 19.4. The molecule has 1 aliphatic carbocycles. The quantitative estimate of drug-likeness (QED) is 0.703. The van der Waals surface area contributed by atoms with Gasteiger partial charge in [-0.05, 0) is 49.4 Å². The number of nitrogens with one attached hydrogen (secondary N) is 2. The highest BCUT2D eigenvalue weighted by Gasteiger charge is 2.68. The van der Waals surface area contributed by atoms with E-state index in [1.807, 2.05) is 5.32 Å². The second-order valence-corrected chi connectivity index (χ2v) is 8.25. The topological polar surface area (TPSA) is 96.2 Å². The first kappa shape index (κ1) is 20.6. The van der Waals surface area contributed by atoms with E-state index in [2.05, 4.69) is 10.3 Å². The van der Waals surface area contributed by atoms with Crippen molar-refractivity contribution < 1.29 is 27.9 Å². The summed E-state index contributed by atoms with van der Waals surface area (Å²) in [5.74, 6) is -2.91. The summed E-state index contributed by atoms with van der Waals surface area (Å²) >= 11 is 0. The number of carbonyl (C=O) groups excluding carboxylic acids is 2. The monoisotopic (exact) mass is 424 g/mol. The van der Waals surface area contributed by atoms with Crippen LogP contribution in [0.2, 0.25) is 0 Å². The molecule has 1 fully saturated rings. The molecule has 1 saturated carbocycles. The van der Waals surface area contributed by atoms with E-state index in [9.17, 15) is 27.9 Å². The maximum absolute atomic E-state index is 14.4. The van der Waals surface area contributed by atoms with Crippen molar-refractivity contribution in [2.24, 2.45) is 5.92 Å². The van der Waals surface area contributed by atoms with Crippen LogP contribution in [0, 0.1) is 19.8 Å². The van der Waals surface area contributed by atoms with Gasteiger partial charge in [-0.1, -0.05) is 25.7 Å². The second kappa shape index (κ2) is 6.97. The molecule has 3 N–H and O–H groups in total. The number of imidazole rings is 1. The molecule has 1 aromatic heterocycles. The van der Waals surface area contributed by atoms with Crippen molar-refractivity contribution in [1.82, 2.24) is 14.9 Å². The van der Waals surface area contributed by atoms with E-state index in [1.165, 1.54) is 6.07 Å². The Morgan fingerprint density at radius 3 is 2.60 bits per heavy atom. The normalized spacial score (nSPS) is 22.9. The van der Waals surface area contributed by atoms with Crippen molar-refractivity contribution in [2.45, 2.75) is 63.9 Å². The summed E-state index contributed by atoms with van der Waals surface area (Å²) in [5, 5.41) is 14.2. The van der Waals surface area contributed by atoms with Crippen molar-refractivity contribution in [1.29, 1.82) is 0 Å². The van der Waals surface area contributed by atoms with Gasteiger partial charge in [0.05, 0.1) is 11.0 Å². The highest BCUT2D eigenvalue weighted by Crippen LogP contribution is 2.44. The number of anilines is 1. The van der Waals surface area contributed by atoms with Gasteiger partial charge in [0.2, 0.25) is 5.95 Å². The lowest BCUT2D eigenvalue weighted by Crippen LogP contribution is -2.64. The number of rotatable bonds is 4. The number of halogens is 3. The van der Waals surface area contributed by atoms with Crippen LogP contribution in [0.4, 0.5) is 19.1 Å². The molecular formula is C20H23F3N4O3. The van der Waals surface area contributed by atoms with Crippen LogP contribution < -0.4 is 10.6 Å². The third-order valence-electron chi connectivity index (χ3n) is 6.21. The first-order chi connectivity index (χ1) is 14.0. The predicted molar refractivity (Wildman–Crippen MR) is 103 cm³/mol. The first-order valence-electron chi connectivity index (χ1n) is 9.93. The van der Waals surface area contributed by atoms with Crippen LogP contribution in [0.5, 0.6) is 0 Å². The van der Waals surface area contributed by atoms with Crippen LogP contribution in [-0.2, 0) is 15.3 Å². The first-order valence-corrected chi connectivity index (χ1v) is 9.93. The SMILES string of the molecule is Cc1cc2nc3n(c2cc1C)C(NC(=O)C(O)CC1CCCC1)(C(F)(F)F)C(=O)N3. The van der Waals surface area contributed by atoms with E-state index in [4.69, 9.17) is 0 Å². The number of aryl methyl sites for hydroxylation is 2. The molecule has 30 heavy (non-hydrogen) atoms. The van der Waals surface area contributed by atoms with Gasteiger partial charge in [0.25, 0.3) is 17.5 Å². The maximum atomic E-state index is 14.4. The maximum Gasteiger partial charge on any atom is 0.440 e. The number of hydrogen-bond donors (Lipinski definition) is 3. The molecule has 1 aromatic carbocycles. The van der Waals surface area contributed by atoms with Gasteiger partial charge >= 0.3 is 6.18 Å². The number of aromatic nitrogens is 2. The minimum Gasteiger partial charge on any atom is -0.383 e. The lowest BCUT2D eigenvalue weighted by molar-refractivity contribution is -0.218. The molecule has 2 aromatic rings. The lowest BCUT2D eigenvalue weighted by Gasteiger charge is -2.33. The Hall–Kier alpha value is -2.62. The Morgan fingerprint density at radius 2 is 1.97 bits per heavy atom. The van der Waals surface area contributed by atoms with Gasteiger partial charge in [-0.2, -0.15) is 13.2 Å². The second-order valence-electron chi connectivity index (χ2n) is 8.25. The van der Waals surface area contributed by atoms with Gasteiger partial charge in [-0.15, -0.1) is 0 Å². The number of aliphatic hydroxyl groups is 1. The Labute approximate surface area is 170 Å². The standard InChI is InChI=1S/C20H23F3N4O3/c1-10-7-13-14(8-11(10)2)27-18(24-13)25-17(30)19(27,20(21,22)23)26-16(29)15(28)9-12-5-3-4-6-12/h7-8,12,15,28H,3-6,9H2,1-2H3,(H,26,29)(H,24,25,30). The number of alkyl halides is 3. The third kappa shape index (κ3) is 3.05. The van der Waals surface area contributed by atoms with E-state index >= 15 is 0 Å². The largest absolute Gasteiger partial charge is 0.440 e. The summed E-state index contributed by atoms with van der Waals surface area (Å²) in [7, 11) is 0. The van der Waals surface area contributed by atoms with Gasteiger partial charge in [-0.3, -0.25) is 19.5 Å². The Balaban J connectivity index is 1.77. The van der Waals surface area contributed by atoms with E-state index in [-0.39, 0.29) is 29.3 Å². The minimum absolute atomic E-state index is 0.0642. The summed E-state index contributed by atoms with van der Waals surface area (Å²) in [6.07, 6.45) is -3.15. The summed E-state index contributed by atoms with van der Waals surface area (Å²) in [6.45, 7) is 3.54. The van der Waals surface area contributed by atoms with Crippen LogP contribution in [0.25, 0.3) is 11.0 Å². The van der Waals surface area contributed by atoms with Crippen LogP contribution in [0.15, 0.2) is 12.1 Å². The molecular weight excluding hydrogens is 401 g/mol. The van der Waals surface area contributed by atoms with E-state index in [1.54, 1.807) is 19.9 Å². The molecule has 0 spiro atoms. The number of amides is 2. The van der Waals surface area contributed by atoms with Gasteiger partial charge < -0.3 is 10.4 Å². The molecule has 2 atom stereocenters. The number of aliphatic hydroxyl groups excluding tert-OH is 1. The van der Waals surface area contributed by atoms with Crippen molar-refractivity contribution in [3.05, 3.63) is 23.3 Å².